The Morgan fingerprint density at radius 1 is 0.368 bits per heavy atom. The summed E-state index contributed by atoms with van der Waals surface area (Å²) >= 11 is 0. The highest BCUT2D eigenvalue weighted by Crippen LogP contribution is 2.65. The van der Waals surface area contributed by atoms with Gasteiger partial charge in [-0.25, -0.2) is 0 Å². The Kier molecular flexibility index (Phi) is 2.60. The van der Waals surface area contributed by atoms with Crippen molar-refractivity contribution in [3.8, 4) is 0 Å². The van der Waals surface area contributed by atoms with Gasteiger partial charge in [-0.05, 0) is 85.9 Å². The first-order chi connectivity index (χ1) is 9.43. The normalized spacial score (nSPS) is 59.4. The molecule has 5 saturated carbocycles. The van der Waals surface area contributed by atoms with Crippen molar-refractivity contribution in [2.24, 2.45) is 47.3 Å². The molecule has 0 N–H and O–H groups in total. The predicted molar refractivity (Wildman–Crippen MR) is 78.7 cm³/mol. The van der Waals surface area contributed by atoms with Gasteiger partial charge >= 0.3 is 0 Å². The van der Waals surface area contributed by atoms with Gasteiger partial charge in [0.1, 0.15) is 0 Å². The maximum absolute atomic E-state index is 1.62. The van der Waals surface area contributed by atoms with Crippen LogP contribution in [0.15, 0.2) is 0 Å². The zero-order valence-corrected chi connectivity index (χ0v) is 12.4. The maximum atomic E-state index is 1.62. The summed E-state index contributed by atoms with van der Waals surface area (Å²) in [4.78, 5) is 0. The highest BCUT2D eigenvalue weighted by molar-refractivity contribution is 5.06. The maximum Gasteiger partial charge on any atom is -0.0321 e. The van der Waals surface area contributed by atoms with Gasteiger partial charge in [0.2, 0.25) is 0 Å². The second-order valence-electron chi connectivity index (χ2n) is 8.70. The lowest BCUT2D eigenvalue weighted by molar-refractivity contribution is -0.124. The summed E-state index contributed by atoms with van der Waals surface area (Å²) in [6.45, 7) is 0. The largest absolute Gasteiger partial charge is 0.0527 e. The minimum Gasteiger partial charge on any atom is -0.0527 e. The van der Waals surface area contributed by atoms with Gasteiger partial charge in [-0.3, -0.25) is 0 Å². The first-order valence-electron chi connectivity index (χ1n) is 9.43. The van der Waals surface area contributed by atoms with E-state index in [1.807, 2.05) is 0 Å². The van der Waals surface area contributed by atoms with Crippen molar-refractivity contribution in [1.29, 1.82) is 0 Å². The van der Waals surface area contributed by atoms with Crippen molar-refractivity contribution in [1.82, 2.24) is 0 Å². The second-order valence-corrected chi connectivity index (χ2v) is 8.70. The highest BCUT2D eigenvalue weighted by atomic mass is 14.6. The Morgan fingerprint density at radius 3 is 1.32 bits per heavy atom. The van der Waals surface area contributed by atoms with E-state index in [4.69, 9.17) is 0 Å². The number of fused-ring (bicyclic) bond motifs is 3. The molecule has 0 nitrogen and oxygen atoms in total. The molecule has 0 bridgehead atoms. The molecule has 8 unspecified atom stereocenters. The third kappa shape index (κ3) is 1.52. The molecule has 0 saturated heterocycles. The molecule has 8 atom stereocenters. The first-order valence-corrected chi connectivity index (χ1v) is 9.43. The molecule has 19 heavy (non-hydrogen) atoms. The lowest BCUT2D eigenvalue weighted by atomic mass is 9.44. The molecule has 0 aromatic heterocycles. The summed E-state index contributed by atoms with van der Waals surface area (Å²) < 4.78 is 0. The van der Waals surface area contributed by atoms with Crippen molar-refractivity contribution < 1.29 is 0 Å². The molecule has 5 aliphatic carbocycles. The van der Waals surface area contributed by atoms with Crippen molar-refractivity contribution in [3.05, 3.63) is 0 Å². The molecule has 0 radical (unpaired) electrons. The molecule has 0 aliphatic heterocycles. The lowest BCUT2D eigenvalue weighted by Crippen LogP contribution is -2.54. The molecule has 5 fully saturated rings. The zero-order chi connectivity index (χ0) is 12.4. The summed E-state index contributed by atoms with van der Waals surface area (Å²) in [5.74, 6) is 9.50. The van der Waals surface area contributed by atoms with Gasteiger partial charge in [-0.2, -0.15) is 0 Å². The second kappa shape index (κ2) is 4.25. The average molecular weight is 258 g/mol. The van der Waals surface area contributed by atoms with Crippen LogP contribution < -0.4 is 0 Å². The smallest absolute Gasteiger partial charge is 0.0321 e. The Labute approximate surface area is 118 Å². The third-order valence-electron chi connectivity index (χ3n) is 8.38. The van der Waals surface area contributed by atoms with Gasteiger partial charge in [-0.15, -0.1) is 0 Å². The van der Waals surface area contributed by atoms with E-state index in [0.29, 0.717) is 0 Å². The van der Waals surface area contributed by atoms with E-state index in [-0.39, 0.29) is 0 Å². The molecule has 0 aromatic carbocycles. The van der Waals surface area contributed by atoms with Crippen LogP contribution in [0.25, 0.3) is 0 Å². The monoisotopic (exact) mass is 258 g/mol. The van der Waals surface area contributed by atoms with Gasteiger partial charge in [-0.1, -0.05) is 32.1 Å². The lowest BCUT2D eigenvalue weighted by Gasteiger charge is -2.61. The average Bonchev–Trinajstić information content (AvgIpc) is 2.95. The van der Waals surface area contributed by atoms with Gasteiger partial charge in [0.05, 0.1) is 0 Å². The first kappa shape index (κ1) is 11.6. The van der Waals surface area contributed by atoms with Crippen LogP contribution in [0.5, 0.6) is 0 Å². The SMILES string of the molecule is C1CC2C(C1)C1CCCC3CCC4CCCC2C4C31. The summed E-state index contributed by atoms with van der Waals surface area (Å²) in [6.07, 6.45) is 17.7. The minimum absolute atomic E-state index is 1.17. The Morgan fingerprint density at radius 2 is 0.789 bits per heavy atom. The van der Waals surface area contributed by atoms with Gasteiger partial charge < -0.3 is 0 Å². The van der Waals surface area contributed by atoms with Crippen molar-refractivity contribution in [2.75, 3.05) is 0 Å². The van der Waals surface area contributed by atoms with Crippen LogP contribution in [0.2, 0.25) is 0 Å². The number of rotatable bonds is 0. The zero-order valence-electron chi connectivity index (χ0n) is 12.4. The van der Waals surface area contributed by atoms with E-state index in [1.54, 1.807) is 70.6 Å². The Hall–Kier alpha value is 0. The van der Waals surface area contributed by atoms with E-state index in [2.05, 4.69) is 0 Å². The molecule has 0 heterocycles. The van der Waals surface area contributed by atoms with Crippen molar-refractivity contribution >= 4 is 0 Å². The molecule has 5 rings (SSSR count). The van der Waals surface area contributed by atoms with Crippen LogP contribution in [-0.4, -0.2) is 0 Å². The van der Waals surface area contributed by atoms with E-state index in [1.165, 1.54) is 47.3 Å². The molecule has 0 amide bonds. The fraction of sp³-hybridized carbons (Fsp3) is 1.00. The summed E-state index contributed by atoms with van der Waals surface area (Å²) in [6, 6.07) is 0. The highest BCUT2D eigenvalue weighted by Gasteiger charge is 2.58. The van der Waals surface area contributed by atoms with E-state index in [0.717, 1.165) is 0 Å². The van der Waals surface area contributed by atoms with E-state index >= 15 is 0 Å². The molecule has 5 aliphatic rings. The van der Waals surface area contributed by atoms with Gasteiger partial charge in [0, 0.05) is 0 Å². The van der Waals surface area contributed by atoms with Gasteiger partial charge in [0.15, 0.2) is 0 Å². The van der Waals surface area contributed by atoms with Gasteiger partial charge in [0.25, 0.3) is 0 Å². The Balaban J connectivity index is 1.57. The van der Waals surface area contributed by atoms with Crippen LogP contribution in [0.4, 0.5) is 0 Å². The molecule has 106 valence electrons. The quantitative estimate of drug-likeness (QED) is 0.555. The molecular formula is C19H30. The van der Waals surface area contributed by atoms with Crippen molar-refractivity contribution in [3.63, 3.8) is 0 Å². The molecule has 0 heteroatoms. The van der Waals surface area contributed by atoms with Crippen LogP contribution >= 0.6 is 0 Å². The Bertz CT molecular complexity index is 325. The van der Waals surface area contributed by atoms with Crippen LogP contribution in [-0.2, 0) is 0 Å². The summed E-state index contributed by atoms with van der Waals surface area (Å²) in [5.41, 5.74) is 0. The van der Waals surface area contributed by atoms with Crippen molar-refractivity contribution in [2.45, 2.75) is 70.6 Å². The summed E-state index contributed by atoms with van der Waals surface area (Å²) in [7, 11) is 0. The summed E-state index contributed by atoms with van der Waals surface area (Å²) in [5, 5.41) is 0. The van der Waals surface area contributed by atoms with E-state index < -0.39 is 0 Å². The number of hydrogen-bond donors (Lipinski definition) is 0. The minimum atomic E-state index is 1.17. The topological polar surface area (TPSA) is 0 Å². The fourth-order valence-electron chi connectivity index (χ4n) is 8.08. The fourth-order valence-corrected chi connectivity index (χ4v) is 8.08. The predicted octanol–water partition coefficient (Wildman–Crippen LogP) is 5.28. The standard InChI is InChI=1S/C19H30/c1-4-12-10-11-13-5-2-9-17-15-7-3-6-14(15)16(8-1)18(12)19(13)17/h12-19H,1-11H2. The molecule has 0 aromatic rings. The van der Waals surface area contributed by atoms with Crippen LogP contribution in [0.3, 0.4) is 0 Å². The van der Waals surface area contributed by atoms with Crippen LogP contribution in [0.1, 0.15) is 70.6 Å². The number of hydrogen-bond acceptors (Lipinski definition) is 0. The third-order valence-corrected chi connectivity index (χ3v) is 8.38. The van der Waals surface area contributed by atoms with E-state index in [9.17, 15) is 0 Å². The molecular weight excluding hydrogens is 228 g/mol. The van der Waals surface area contributed by atoms with Crippen LogP contribution in [0, 0.1) is 47.3 Å². The molecule has 0 spiro atoms.